The Labute approximate surface area is 100 Å². The molecular formula is C13H28N2O. The Bertz CT molecular complexity index is 190. The Morgan fingerprint density at radius 3 is 2.12 bits per heavy atom. The van der Waals surface area contributed by atoms with Crippen LogP contribution in [0.5, 0.6) is 0 Å². The predicted octanol–water partition coefficient (Wildman–Crippen LogP) is 2.17. The van der Waals surface area contributed by atoms with E-state index in [9.17, 15) is 4.79 Å². The molecule has 3 heteroatoms. The van der Waals surface area contributed by atoms with E-state index < -0.39 is 0 Å². The van der Waals surface area contributed by atoms with Gasteiger partial charge in [-0.15, -0.1) is 0 Å². The van der Waals surface area contributed by atoms with Gasteiger partial charge in [0.25, 0.3) is 0 Å². The van der Waals surface area contributed by atoms with Crippen LogP contribution in [0, 0.1) is 11.8 Å². The van der Waals surface area contributed by atoms with Gasteiger partial charge >= 0.3 is 0 Å². The number of nitrogens with one attached hydrogen (secondary N) is 2. The van der Waals surface area contributed by atoms with E-state index in [1.807, 2.05) is 13.8 Å². The van der Waals surface area contributed by atoms with Crippen LogP contribution < -0.4 is 10.6 Å². The van der Waals surface area contributed by atoms with Gasteiger partial charge in [0.15, 0.2) is 0 Å². The summed E-state index contributed by atoms with van der Waals surface area (Å²) >= 11 is 0. The van der Waals surface area contributed by atoms with Crippen LogP contribution in [0.4, 0.5) is 0 Å². The van der Waals surface area contributed by atoms with E-state index in [1.165, 1.54) is 12.8 Å². The number of amides is 1. The van der Waals surface area contributed by atoms with Gasteiger partial charge in [-0.25, -0.2) is 0 Å². The third-order valence-corrected chi connectivity index (χ3v) is 2.62. The number of rotatable bonds is 8. The van der Waals surface area contributed by atoms with Crippen molar-refractivity contribution in [2.75, 3.05) is 13.1 Å². The van der Waals surface area contributed by atoms with Crippen molar-refractivity contribution < 1.29 is 4.79 Å². The third-order valence-electron chi connectivity index (χ3n) is 2.62. The summed E-state index contributed by atoms with van der Waals surface area (Å²) in [6.45, 7) is 12.1. The van der Waals surface area contributed by atoms with Crippen molar-refractivity contribution in [3.63, 3.8) is 0 Å². The molecule has 0 aromatic rings. The second kappa shape index (κ2) is 8.57. The molecule has 0 bridgehead atoms. The zero-order chi connectivity index (χ0) is 12.6. The molecule has 0 aromatic carbocycles. The van der Waals surface area contributed by atoms with Crippen LogP contribution in [0.2, 0.25) is 0 Å². The Morgan fingerprint density at radius 1 is 1.00 bits per heavy atom. The monoisotopic (exact) mass is 228 g/mol. The van der Waals surface area contributed by atoms with Gasteiger partial charge in [-0.1, -0.05) is 27.7 Å². The van der Waals surface area contributed by atoms with Gasteiger partial charge in [0.1, 0.15) is 0 Å². The van der Waals surface area contributed by atoms with Gasteiger partial charge in [0.2, 0.25) is 5.91 Å². The molecule has 16 heavy (non-hydrogen) atoms. The van der Waals surface area contributed by atoms with Crippen molar-refractivity contribution in [3.8, 4) is 0 Å². The van der Waals surface area contributed by atoms with Crippen LogP contribution in [0.15, 0.2) is 0 Å². The van der Waals surface area contributed by atoms with Crippen molar-refractivity contribution in [2.45, 2.75) is 53.5 Å². The Morgan fingerprint density at radius 2 is 1.62 bits per heavy atom. The SMILES string of the molecule is CC(C)CCC(C)NCCNC(=O)C(C)C. The van der Waals surface area contributed by atoms with Crippen LogP contribution >= 0.6 is 0 Å². The topological polar surface area (TPSA) is 41.1 Å². The molecule has 0 saturated carbocycles. The summed E-state index contributed by atoms with van der Waals surface area (Å²) in [6, 6.07) is 0.540. The van der Waals surface area contributed by atoms with Gasteiger partial charge in [0.05, 0.1) is 0 Å². The first-order chi connectivity index (χ1) is 7.43. The molecular weight excluding hydrogens is 200 g/mol. The first kappa shape index (κ1) is 15.4. The quantitative estimate of drug-likeness (QED) is 0.625. The number of carbonyl (C=O) groups is 1. The van der Waals surface area contributed by atoms with Crippen molar-refractivity contribution in [3.05, 3.63) is 0 Å². The van der Waals surface area contributed by atoms with Crippen LogP contribution in [0.3, 0.4) is 0 Å². The molecule has 0 saturated heterocycles. The molecule has 3 nitrogen and oxygen atoms in total. The highest BCUT2D eigenvalue weighted by atomic mass is 16.1. The van der Waals surface area contributed by atoms with Crippen molar-refractivity contribution in [2.24, 2.45) is 11.8 Å². The van der Waals surface area contributed by atoms with Crippen LogP contribution in [0.25, 0.3) is 0 Å². The van der Waals surface area contributed by atoms with E-state index in [1.54, 1.807) is 0 Å². The fourth-order valence-electron chi connectivity index (χ4n) is 1.39. The number of carbonyl (C=O) groups excluding carboxylic acids is 1. The maximum atomic E-state index is 11.3. The standard InChI is InChI=1S/C13H28N2O/c1-10(2)6-7-12(5)14-8-9-15-13(16)11(3)4/h10-12,14H,6-9H2,1-5H3,(H,15,16). The van der Waals surface area contributed by atoms with E-state index in [2.05, 4.69) is 31.4 Å². The molecule has 0 aromatic heterocycles. The molecule has 0 spiro atoms. The Hall–Kier alpha value is -0.570. The zero-order valence-corrected chi connectivity index (χ0v) is 11.5. The largest absolute Gasteiger partial charge is 0.355 e. The summed E-state index contributed by atoms with van der Waals surface area (Å²) in [5.41, 5.74) is 0. The predicted molar refractivity (Wildman–Crippen MR) is 69.4 cm³/mol. The second-order valence-corrected chi connectivity index (χ2v) is 5.27. The molecule has 0 radical (unpaired) electrons. The molecule has 0 fully saturated rings. The maximum absolute atomic E-state index is 11.3. The minimum atomic E-state index is 0.0818. The van der Waals surface area contributed by atoms with Crippen molar-refractivity contribution in [1.29, 1.82) is 0 Å². The number of hydrogen-bond donors (Lipinski definition) is 2. The van der Waals surface area contributed by atoms with E-state index in [4.69, 9.17) is 0 Å². The van der Waals surface area contributed by atoms with Crippen molar-refractivity contribution in [1.82, 2.24) is 10.6 Å². The number of hydrogen-bond acceptors (Lipinski definition) is 2. The third kappa shape index (κ3) is 8.72. The Kier molecular flexibility index (Phi) is 8.26. The summed E-state index contributed by atoms with van der Waals surface area (Å²) in [5, 5.41) is 6.32. The lowest BCUT2D eigenvalue weighted by atomic mass is 10.0. The molecule has 0 rings (SSSR count). The lowest BCUT2D eigenvalue weighted by Crippen LogP contribution is -2.37. The minimum absolute atomic E-state index is 0.0818. The highest BCUT2D eigenvalue weighted by molar-refractivity contribution is 5.77. The molecule has 96 valence electrons. The summed E-state index contributed by atoms with van der Waals surface area (Å²) in [7, 11) is 0. The van der Waals surface area contributed by atoms with Crippen molar-refractivity contribution >= 4 is 5.91 Å². The van der Waals surface area contributed by atoms with E-state index in [0.717, 1.165) is 19.0 Å². The van der Waals surface area contributed by atoms with Crippen LogP contribution in [0.1, 0.15) is 47.5 Å². The first-order valence-corrected chi connectivity index (χ1v) is 6.44. The molecule has 0 aliphatic heterocycles. The summed E-state index contributed by atoms with van der Waals surface area (Å²) in [6.07, 6.45) is 2.46. The average Bonchev–Trinajstić information content (AvgIpc) is 2.20. The molecule has 1 unspecified atom stereocenters. The molecule has 0 heterocycles. The molecule has 2 N–H and O–H groups in total. The smallest absolute Gasteiger partial charge is 0.222 e. The van der Waals surface area contributed by atoms with Gasteiger partial charge in [-0.05, 0) is 25.7 Å². The van der Waals surface area contributed by atoms with E-state index in [-0.39, 0.29) is 11.8 Å². The van der Waals surface area contributed by atoms with E-state index in [0.29, 0.717) is 6.04 Å². The summed E-state index contributed by atoms with van der Waals surface area (Å²) in [4.78, 5) is 11.3. The first-order valence-electron chi connectivity index (χ1n) is 6.44. The minimum Gasteiger partial charge on any atom is -0.355 e. The second-order valence-electron chi connectivity index (χ2n) is 5.27. The lowest BCUT2D eigenvalue weighted by molar-refractivity contribution is -0.123. The average molecular weight is 228 g/mol. The molecule has 1 atom stereocenters. The van der Waals surface area contributed by atoms with E-state index >= 15 is 0 Å². The van der Waals surface area contributed by atoms with Crippen LogP contribution in [-0.2, 0) is 4.79 Å². The molecule has 1 amide bonds. The van der Waals surface area contributed by atoms with Crippen LogP contribution in [-0.4, -0.2) is 25.0 Å². The normalized spacial score (nSPS) is 13.2. The van der Waals surface area contributed by atoms with Gasteiger partial charge in [-0.3, -0.25) is 4.79 Å². The fraction of sp³-hybridized carbons (Fsp3) is 0.923. The Balaban J connectivity index is 3.41. The van der Waals surface area contributed by atoms with Gasteiger partial charge < -0.3 is 10.6 Å². The van der Waals surface area contributed by atoms with Gasteiger partial charge in [-0.2, -0.15) is 0 Å². The highest BCUT2D eigenvalue weighted by Gasteiger charge is 2.06. The molecule has 0 aliphatic carbocycles. The highest BCUT2D eigenvalue weighted by Crippen LogP contribution is 2.05. The molecule has 0 aliphatic rings. The fourth-order valence-corrected chi connectivity index (χ4v) is 1.39. The zero-order valence-electron chi connectivity index (χ0n) is 11.5. The maximum Gasteiger partial charge on any atom is 0.222 e. The summed E-state index contributed by atoms with van der Waals surface area (Å²) in [5.74, 6) is 0.986. The lowest BCUT2D eigenvalue weighted by Gasteiger charge is -2.15. The summed E-state index contributed by atoms with van der Waals surface area (Å²) < 4.78 is 0. The van der Waals surface area contributed by atoms with Gasteiger partial charge in [0, 0.05) is 25.0 Å².